The number of hydrogen-bond donors (Lipinski definition) is 0. The summed E-state index contributed by atoms with van der Waals surface area (Å²) in [6.45, 7) is 1.17. The molecule has 1 aliphatic heterocycles. The van der Waals surface area contributed by atoms with Crippen molar-refractivity contribution in [3.05, 3.63) is 58.4 Å². The van der Waals surface area contributed by atoms with Gasteiger partial charge < -0.3 is 14.2 Å². The largest absolute Gasteiger partial charge is 0.377 e. The van der Waals surface area contributed by atoms with E-state index in [9.17, 15) is 4.79 Å². The average Bonchev–Trinajstić information content (AvgIpc) is 3.33. The van der Waals surface area contributed by atoms with E-state index in [4.69, 9.17) is 32.5 Å². The van der Waals surface area contributed by atoms with Crippen molar-refractivity contribution in [1.82, 2.24) is 24.8 Å². The molecule has 26 heavy (non-hydrogen) atoms. The van der Waals surface area contributed by atoms with Gasteiger partial charge >= 0.3 is 0 Å². The molecule has 4 rings (SSSR count). The predicted octanol–water partition coefficient (Wildman–Crippen LogP) is 2.78. The van der Waals surface area contributed by atoms with Crippen LogP contribution in [0.15, 0.2) is 41.5 Å². The molecule has 2 aromatic heterocycles. The van der Waals surface area contributed by atoms with Gasteiger partial charge in [-0.05, 0) is 18.2 Å². The van der Waals surface area contributed by atoms with Gasteiger partial charge in [-0.3, -0.25) is 4.79 Å². The molecule has 0 radical (unpaired) electrons. The number of halogens is 2. The van der Waals surface area contributed by atoms with Gasteiger partial charge in [0.05, 0.1) is 35.7 Å². The third-order valence-electron chi connectivity index (χ3n) is 4.05. The summed E-state index contributed by atoms with van der Waals surface area (Å²) in [5.41, 5.74) is 1.05. The van der Waals surface area contributed by atoms with Crippen LogP contribution in [0.1, 0.15) is 22.2 Å². The Hall–Kier alpha value is -2.42. The number of ether oxygens (including phenoxy) is 1. The van der Waals surface area contributed by atoms with Crippen LogP contribution in [-0.4, -0.2) is 50.5 Å². The fourth-order valence-electron chi connectivity index (χ4n) is 2.78. The maximum atomic E-state index is 13.0. The summed E-state index contributed by atoms with van der Waals surface area (Å²) < 4.78 is 11.8. The van der Waals surface area contributed by atoms with E-state index in [0.29, 0.717) is 46.9 Å². The van der Waals surface area contributed by atoms with Gasteiger partial charge in [-0.2, -0.15) is 10.1 Å². The molecule has 0 aliphatic carbocycles. The molecule has 0 N–H and O–H groups in total. The number of morpholine rings is 1. The third kappa shape index (κ3) is 3.18. The summed E-state index contributed by atoms with van der Waals surface area (Å²) in [7, 11) is 0. The van der Waals surface area contributed by atoms with Crippen molar-refractivity contribution < 1.29 is 14.1 Å². The lowest BCUT2D eigenvalue weighted by Gasteiger charge is -2.33. The zero-order valence-corrected chi connectivity index (χ0v) is 14.9. The monoisotopic (exact) mass is 393 g/mol. The van der Waals surface area contributed by atoms with E-state index < -0.39 is 6.04 Å². The fourth-order valence-corrected chi connectivity index (χ4v) is 3.28. The van der Waals surface area contributed by atoms with Crippen molar-refractivity contribution in [2.45, 2.75) is 6.04 Å². The highest BCUT2D eigenvalue weighted by Crippen LogP contribution is 2.26. The number of benzene rings is 1. The lowest BCUT2D eigenvalue weighted by molar-refractivity contribution is -0.00577. The highest BCUT2D eigenvalue weighted by molar-refractivity contribution is 6.35. The molecule has 3 heterocycles. The molecule has 1 fully saturated rings. The Kier molecular flexibility index (Phi) is 4.62. The van der Waals surface area contributed by atoms with Gasteiger partial charge in [0.2, 0.25) is 6.39 Å². The SMILES string of the molecule is O=C(c1cnn(-c2ccc(Cl)cc2Cl)c1)N1CCOCC1c1ncon1. The van der Waals surface area contributed by atoms with Gasteiger partial charge in [0.25, 0.3) is 5.91 Å². The Balaban J connectivity index is 1.61. The molecule has 0 saturated carbocycles. The van der Waals surface area contributed by atoms with E-state index in [1.807, 2.05) is 0 Å². The van der Waals surface area contributed by atoms with Crippen LogP contribution in [0, 0.1) is 0 Å². The number of carbonyl (C=O) groups is 1. The Morgan fingerprint density at radius 3 is 2.96 bits per heavy atom. The molecule has 1 aliphatic rings. The second-order valence-electron chi connectivity index (χ2n) is 5.65. The fraction of sp³-hybridized carbons (Fsp3) is 0.250. The second kappa shape index (κ2) is 7.06. The molecule has 3 aromatic rings. The molecule has 1 saturated heterocycles. The lowest BCUT2D eigenvalue weighted by atomic mass is 10.2. The minimum absolute atomic E-state index is 0.195. The molecular formula is C16H13Cl2N5O3. The van der Waals surface area contributed by atoms with Gasteiger partial charge in [-0.15, -0.1) is 0 Å². The van der Waals surface area contributed by atoms with Crippen LogP contribution in [-0.2, 0) is 4.74 Å². The minimum atomic E-state index is -0.405. The van der Waals surface area contributed by atoms with Crippen LogP contribution >= 0.6 is 23.2 Å². The third-order valence-corrected chi connectivity index (χ3v) is 4.59. The number of hydrogen-bond acceptors (Lipinski definition) is 6. The van der Waals surface area contributed by atoms with Crippen molar-refractivity contribution in [3.63, 3.8) is 0 Å². The Bertz CT molecular complexity index is 928. The van der Waals surface area contributed by atoms with Crippen molar-refractivity contribution >= 4 is 29.1 Å². The van der Waals surface area contributed by atoms with Crippen molar-refractivity contribution in [1.29, 1.82) is 0 Å². The van der Waals surface area contributed by atoms with E-state index in [0.717, 1.165) is 0 Å². The van der Waals surface area contributed by atoms with Crippen molar-refractivity contribution in [2.75, 3.05) is 19.8 Å². The number of carbonyl (C=O) groups excluding carboxylic acids is 1. The van der Waals surface area contributed by atoms with Crippen molar-refractivity contribution in [3.8, 4) is 5.69 Å². The zero-order valence-electron chi connectivity index (χ0n) is 13.4. The van der Waals surface area contributed by atoms with Gasteiger partial charge in [0, 0.05) is 17.8 Å². The van der Waals surface area contributed by atoms with Gasteiger partial charge in [0.1, 0.15) is 6.04 Å². The first-order valence-corrected chi connectivity index (χ1v) is 8.54. The van der Waals surface area contributed by atoms with E-state index in [2.05, 4.69) is 15.2 Å². The summed E-state index contributed by atoms with van der Waals surface area (Å²) in [5, 5.41) is 9.04. The molecule has 1 amide bonds. The number of rotatable bonds is 3. The average molecular weight is 394 g/mol. The highest BCUT2D eigenvalue weighted by Gasteiger charge is 2.32. The molecule has 8 nitrogen and oxygen atoms in total. The van der Waals surface area contributed by atoms with Crippen LogP contribution in [0.5, 0.6) is 0 Å². The maximum Gasteiger partial charge on any atom is 0.257 e. The molecule has 1 unspecified atom stereocenters. The smallest absolute Gasteiger partial charge is 0.257 e. The lowest BCUT2D eigenvalue weighted by Crippen LogP contribution is -2.43. The molecule has 0 bridgehead atoms. The zero-order chi connectivity index (χ0) is 18.1. The molecule has 10 heteroatoms. The van der Waals surface area contributed by atoms with Gasteiger partial charge in [0.15, 0.2) is 5.82 Å². The van der Waals surface area contributed by atoms with Crippen LogP contribution in [0.25, 0.3) is 5.69 Å². The summed E-state index contributed by atoms with van der Waals surface area (Å²) in [5.74, 6) is 0.214. The van der Waals surface area contributed by atoms with Crippen LogP contribution in [0.3, 0.4) is 0 Å². The molecule has 0 spiro atoms. The number of nitrogens with zero attached hydrogens (tertiary/aromatic N) is 5. The normalized spacial score (nSPS) is 17.5. The topological polar surface area (TPSA) is 86.3 Å². The van der Waals surface area contributed by atoms with Crippen LogP contribution < -0.4 is 0 Å². The number of amides is 1. The molecule has 1 aromatic carbocycles. The quantitative estimate of drug-likeness (QED) is 0.679. The second-order valence-corrected chi connectivity index (χ2v) is 6.49. The summed E-state index contributed by atoms with van der Waals surface area (Å²) in [6.07, 6.45) is 4.35. The number of aromatic nitrogens is 4. The first-order chi connectivity index (χ1) is 12.6. The van der Waals surface area contributed by atoms with E-state index in [1.54, 1.807) is 29.3 Å². The Labute approximate surface area is 158 Å². The van der Waals surface area contributed by atoms with Gasteiger partial charge in [-0.25, -0.2) is 4.68 Å². The molecule has 134 valence electrons. The molecule has 1 atom stereocenters. The summed E-state index contributed by atoms with van der Waals surface area (Å²) >= 11 is 12.1. The van der Waals surface area contributed by atoms with E-state index in [-0.39, 0.29) is 5.91 Å². The van der Waals surface area contributed by atoms with E-state index >= 15 is 0 Å². The van der Waals surface area contributed by atoms with Gasteiger partial charge in [-0.1, -0.05) is 28.4 Å². The first-order valence-electron chi connectivity index (χ1n) is 7.78. The summed E-state index contributed by atoms with van der Waals surface area (Å²) in [4.78, 5) is 18.7. The highest BCUT2D eigenvalue weighted by atomic mass is 35.5. The Morgan fingerprint density at radius 1 is 1.31 bits per heavy atom. The molecular weight excluding hydrogens is 381 g/mol. The van der Waals surface area contributed by atoms with Crippen LogP contribution in [0.2, 0.25) is 10.0 Å². The predicted molar refractivity (Wildman–Crippen MR) is 92.5 cm³/mol. The van der Waals surface area contributed by atoms with Crippen molar-refractivity contribution in [2.24, 2.45) is 0 Å². The van der Waals surface area contributed by atoms with E-state index in [1.165, 1.54) is 17.3 Å². The first kappa shape index (κ1) is 17.0. The summed E-state index contributed by atoms with van der Waals surface area (Å²) in [6, 6.07) is 4.66. The maximum absolute atomic E-state index is 13.0. The van der Waals surface area contributed by atoms with Crippen LogP contribution in [0.4, 0.5) is 0 Å². The Morgan fingerprint density at radius 2 is 2.19 bits per heavy atom. The standard InChI is InChI=1S/C16H13Cl2N5O3/c17-11-1-2-13(12(18)5-11)23-7-10(6-20-23)16(24)22-3-4-25-8-14(22)15-19-9-26-21-15/h1-2,5-7,9,14H,3-4,8H2. The minimum Gasteiger partial charge on any atom is -0.377 e.